The van der Waals surface area contributed by atoms with Gasteiger partial charge in [0.2, 0.25) is 5.91 Å². The highest BCUT2D eigenvalue weighted by Gasteiger charge is 2.60. The van der Waals surface area contributed by atoms with Gasteiger partial charge in [-0.3, -0.25) is 9.35 Å². The number of fused-ring (bicyclic) bond motifs is 5. The summed E-state index contributed by atoms with van der Waals surface area (Å²) in [4.78, 5) is 14.4. The summed E-state index contributed by atoms with van der Waals surface area (Å²) in [5.74, 6) is 4.48. The molecule has 39 heavy (non-hydrogen) atoms. The van der Waals surface area contributed by atoms with Crippen LogP contribution in [0.25, 0.3) is 0 Å². The molecule has 0 saturated heterocycles. The van der Waals surface area contributed by atoms with Crippen LogP contribution >= 0.6 is 0 Å². The number of amides is 1. The first kappa shape index (κ1) is 31.2. The summed E-state index contributed by atoms with van der Waals surface area (Å²) in [7, 11) is -2.39. The van der Waals surface area contributed by atoms with Crippen molar-refractivity contribution in [2.24, 2.45) is 46.3 Å². The zero-order chi connectivity index (χ0) is 28.4. The van der Waals surface area contributed by atoms with E-state index in [1.807, 2.05) is 4.90 Å². The molecule has 4 fully saturated rings. The summed E-state index contributed by atoms with van der Waals surface area (Å²) < 4.78 is 30.6. The highest BCUT2D eigenvalue weighted by atomic mass is 32.2. The Morgan fingerprint density at radius 2 is 1.77 bits per heavy atom. The van der Waals surface area contributed by atoms with Gasteiger partial charge in [0.05, 0.1) is 6.10 Å². The first-order valence-electron chi connectivity index (χ1n) is 15.9. The highest BCUT2D eigenvalue weighted by molar-refractivity contribution is 7.85. The molecule has 0 aromatic rings. The molecule has 4 saturated carbocycles. The first-order valence-corrected chi connectivity index (χ1v) is 17.5. The van der Waals surface area contributed by atoms with Crippen LogP contribution in [0, 0.1) is 46.3 Å². The van der Waals surface area contributed by atoms with Crippen LogP contribution in [-0.4, -0.2) is 67.4 Å². The van der Waals surface area contributed by atoms with E-state index < -0.39 is 22.0 Å². The van der Waals surface area contributed by atoms with Crippen LogP contribution in [0.5, 0.6) is 0 Å². The number of aliphatic hydroxyl groups is 1. The third-order valence-corrected chi connectivity index (χ3v) is 12.9. The van der Waals surface area contributed by atoms with Crippen molar-refractivity contribution in [2.45, 2.75) is 110 Å². The maximum absolute atomic E-state index is 12.6. The van der Waals surface area contributed by atoms with Crippen LogP contribution in [0.15, 0.2) is 0 Å². The van der Waals surface area contributed by atoms with Crippen LogP contribution in [-0.2, 0) is 14.9 Å². The number of hydrogen-bond donors (Lipinski definition) is 3. The molecule has 8 heteroatoms. The second-order valence-corrected chi connectivity index (χ2v) is 16.0. The fourth-order valence-electron chi connectivity index (χ4n) is 10.2. The van der Waals surface area contributed by atoms with Gasteiger partial charge < -0.3 is 15.3 Å². The normalized spacial score (nSPS) is 38.0. The van der Waals surface area contributed by atoms with E-state index in [1.54, 1.807) is 7.05 Å². The molecule has 9 atom stereocenters. The number of rotatable bonds is 12. The minimum absolute atomic E-state index is 0.114. The molecule has 1 amide bonds. The van der Waals surface area contributed by atoms with Gasteiger partial charge in [-0.2, -0.15) is 8.42 Å². The van der Waals surface area contributed by atoms with Crippen LogP contribution in [0.4, 0.5) is 0 Å². The van der Waals surface area contributed by atoms with E-state index in [9.17, 15) is 18.3 Å². The van der Waals surface area contributed by atoms with E-state index in [-0.39, 0.29) is 12.5 Å². The van der Waals surface area contributed by atoms with Crippen molar-refractivity contribution in [1.29, 1.82) is 0 Å². The molecule has 0 bridgehead atoms. The Balaban J connectivity index is 1.19. The standard InChI is InChI=1S/C31H56N2O5S/c1-22(9-14-29(35)32-18-7-19-33(4)20-24(34)21-39(36,37)38)26-12-13-27-25-11-10-23-8-5-6-16-30(23,2)28(25)15-17-31(26,27)3/h22-28,34H,5-21H2,1-4H3,(H,32,35)(H,36,37,38)/t22-,23?,24?,25?,26-,27?,28?,30+,31-/m1/s1. The van der Waals surface area contributed by atoms with Crippen LogP contribution in [0.3, 0.4) is 0 Å². The van der Waals surface area contributed by atoms with Gasteiger partial charge in [-0.15, -0.1) is 0 Å². The Bertz CT molecular complexity index is 943. The van der Waals surface area contributed by atoms with Crippen molar-refractivity contribution in [3.8, 4) is 0 Å². The Hall–Kier alpha value is -0.700. The summed E-state index contributed by atoms with van der Waals surface area (Å²) in [6.07, 6.45) is 15.4. The lowest BCUT2D eigenvalue weighted by Crippen LogP contribution is -2.53. The van der Waals surface area contributed by atoms with Crippen LogP contribution in [0.2, 0.25) is 0 Å². The molecule has 0 aromatic heterocycles. The van der Waals surface area contributed by atoms with Crippen molar-refractivity contribution in [3.05, 3.63) is 0 Å². The highest BCUT2D eigenvalue weighted by Crippen LogP contribution is 2.68. The van der Waals surface area contributed by atoms with Gasteiger partial charge in [-0.1, -0.05) is 33.6 Å². The van der Waals surface area contributed by atoms with Crippen LogP contribution < -0.4 is 5.32 Å². The zero-order valence-electron chi connectivity index (χ0n) is 25.0. The van der Waals surface area contributed by atoms with E-state index >= 15 is 0 Å². The minimum Gasteiger partial charge on any atom is -0.391 e. The number of nitrogens with zero attached hydrogens (tertiary/aromatic N) is 1. The van der Waals surface area contributed by atoms with Gasteiger partial charge in [-0.25, -0.2) is 0 Å². The molecule has 0 aromatic carbocycles. The van der Waals surface area contributed by atoms with Crippen molar-refractivity contribution < 1.29 is 22.9 Å². The SMILES string of the molecule is C[C@H](CCC(=O)NCCCN(C)CC(O)CS(=O)(=O)O)[C@H]1CCC2C3CCC4CCCC[C@]4(C)C3CC[C@@]21C. The molecular formula is C31H56N2O5S. The van der Waals surface area contributed by atoms with E-state index in [1.165, 1.54) is 64.2 Å². The number of nitrogens with one attached hydrogen (secondary N) is 1. The molecular weight excluding hydrogens is 512 g/mol. The molecule has 0 aliphatic heterocycles. The maximum Gasteiger partial charge on any atom is 0.267 e. The number of likely N-dealkylation sites (N-methyl/N-ethyl adjacent to an activating group) is 1. The monoisotopic (exact) mass is 568 g/mol. The lowest BCUT2D eigenvalue weighted by atomic mass is 9.44. The predicted molar refractivity (Wildman–Crippen MR) is 156 cm³/mol. The lowest BCUT2D eigenvalue weighted by molar-refractivity contribution is -0.122. The Labute approximate surface area is 238 Å². The fraction of sp³-hybridized carbons (Fsp3) is 0.968. The fourth-order valence-corrected chi connectivity index (χ4v) is 10.8. The number of hydrogen-bond acceptors (Lipinski definition) is 5. The molecule has 5 unspecified atom stereocenters. The Morgan fingerprint density at radius 3 is 2.51 bits per heavy atom. The summed E-state index contributed by atoms with van der Waals surface area (Å²) in [5.41, 5.74) is 1.04. The molecule has 3 N–H and O–H groups in total. The smallest absolute Gasteiger partial charge is 0.267 e. The molecule has 7 nitrogen and oxygen atoms in total. The van der Waals surface area contributed by atoms with Gasteiger partial charge in [0.15, 0.2) is 0 Å². The number of carbonyl (C=O) groups excluding carboxylic acids is 1. The topological polar surface area (TPSA) is 107 Å². The van der Waals surface area contributed by atoms with Crippen molar-refractivity contribution in [2.75, 3.05) is 32.4 Å². The van der Waals surface area contributed by atoms with Crippen molar-refractivity contribution in [1.82, 2.24) is 10.2 Å². The quantitative estimate of drug-likeness (QED) is 0.222. The lowest BCUT2D eigenvalue weighted by Gasteiger charge is -2.61. The minimum atomic E-state index is -4.18. The average molecular weight is 569 g/mol. The summed E-state index contributed by atoms with van der Waals surface area (Å²) >= 11 is 0. The third kappa shape index (κ3) is 7.21. The molecule has 4 rings (SSSR count). The van der Waals surface area contributed by atoms with Gasteiger partial charge in [0, 0.05) is 19.5 Å². The second kappa shape index (κ2) is 12.7. The molecule has 0 heterocycles. The molecule has 0 radical (unpaired) electrons. The van der Waals surface area contributed by atoms with Gasteiger partial charge in [0.25, 0.3) is 10.1 Å². The summed E-state index contributed by atoms with van der Waals surface area (Å²) in [5, 5.41) is 12.8. The molecule has 0 spiro atoms. The van der Waals surface area contributed by atoms with Crippen molar-refractivity contribution >= 4 is 16.0 Å². The second-order valence-electron chi connectivity index (χ2n) is 14.5. The van der Waals surface area contributed by atoms with E-state index in [0.717, 1.165) is 42.4 Å². The molecule has 4 aliphatic carbocycles. The van der Waals surface area contributed by atoms with Crippen LogP contribution in [0.1, 0.15) is 104 Å². The summed E-state index contributed by atoms with van der Waals surface area (Å²) in [6.45, 7) is 9.02. The largest absolute Gasteiger partial charge is 0.391 e. The van der Waals surface area contributed by atoms with Gasteiger partial charge in [-0.05, 0) is 124 Å². The zero-order valence-corrected chi connectivity index (χ0v) is 25.9. The van der Waals surface area contributed by atoms with E-state index in [0.29, 0.717) is 36.3 Å². The average Bonchev–Trinajstić information content (AvgIpc) is 3.21. The van der Waals surface area contributed by atoms with Crippen molar-refractivity contribution in [3.63, 3.8) is 0 Å². The third-order valence-electron chi connectivity index (χ3n) is 12.1. The maximum atomic E-state index is 12.6. The number of aliphatic hydroxyl groups excluding tert-OH is 1. The Kier molecular flexibility index (Phi) is 10.1. The molecule has 226 valence electrons. The first-order chi connectivity index (χ1) is 18.3. The molecule has 4 aliphatic rings. The number of carbonyl (C=O) groups is 1. The van der Waals surface area contributed by atoms with E-state index in [2.05, 4.69) is 26.1 Å². The Morgan fingerprint density at radius 1 is 1.03 bits per heavy atom. The predicted octanol–water partition coefficient (Wildman–Crippen LogP) is 5.14. The van der Waals surface area contributed by atoms with E-state index in [4.69, 9.17) is 4.55 Å². The van der Waals surface area contributed by atoms with Gasteiger partial charge in [0.1, 0.15) is 5.75 Å². The summed E-state index contributed by atoms with van der Waals surface area (Å²) in [6, 6.07) is 0. The van der Waals surface area contributed by atoms with Gasteiger partial charge >= 0.3 is 0 Å².